The highest BCUT2D eigenvalue weighted by Crippen LogP contribution is 2.26. The molecule has 0 atom stereocenters. The number of pyridine rings is 1. The van der Waals surface area contributed by atoms with Crippen molar-refractivity contribution in [3.8, 4) is 0 Å². The predicted octanol–water partition coefficient (Wildman–Crippen LogP) is 3.22. The molecule has 1 saturated heterocycles. The van der Waals surface area contributed by atoms with Crippen molar-refractivity contribution in [2.24, 2.45) is 0 Å². The molecule has 1 fully saturated rings. The number of ether oxygens (including phenoxy) is 1. The smallest absolute Gasteiger partial charge is 0.129 e. The third kappa shape index (κ3) is 1.91. The van der Waals surface area contributed by atoms with Gasteiger partial charge in [0.25, 0.3) is 0 Å². The monoisotopic (exact) mass is 264 g/mol. The van der Waals surface area contributed by atoms with E-state index in [2.05, 4.69) is 53.4 Å². The Morgan fingerprint density at radius 2 is 1.70 bits per heavy atom. The van der Waals surface area contributed by atoms with E-state index in [1.54, 1.807) is 0 Å². The minimum absolute atomic E-state index is 0.789. The summed E-state index contributed by atoms with van der Waals surface area (Å²) in [6.07, 6.45) is 0. The van der Waals surface area contributed by atoms with Gasteiger partial charge < -0.3 is 9.64 Å². The molecule has 1 aliphatic rings. The molecular weight excluding hydrogens is 248 g/mol. The first kappa shape index (κ1) is 11.7. The lowest BCUT2D eigenvalue weighted by Crippen LogP contribution is -2.36. The number of benzene rings is 2. The largest absolute Gasteiger partial charge is 0.378 e. The van der Waals surface area contributed by atoms with E-state index >= 15 is 0 Å². The summed E-state index contributed by atoms with van der Waals surface area (Å²) in [6, 6.07) is 17.0. The van der Waals surface area contributed by atoms with Crippen molar-refractivity contribution < 1.29 is 4.74 Å². The van der Waals surface area contributed by atoms with E-state index < -0.39 is 0 Å². The first-order valence-electron chi connectivity index (χ1n) is 7.03. The minimum Gasteiger partial charge on any atom is -0.378 e. The predicted molar refractivity (Wildman–Crippen MR) is 82.3 cm³/mol. The Balaban J connectivity index is 1.85. The van der Waals surface area contributed by atoms with Gasteiger partial charge in [-0.05, 0) is 29.0 Å². The van der Waals surface area contributed by atoms with Gasteiger partial charge in [-0.25, -0.2) is 4.98 Å². The summed E-state index contributed by atoms with van der Waals surface area (Å²) in [7, 11) is 0. The first-order valence-corrected chi connectivity index (χ1v) is 7.03. The van der Waals surface area contributed by atoms with Gasteiger partial charge in [0.15, 0.2) is 0 Å². The number of aromatic nitrogens is 1. The molecule has 2 heterocycles. The number of nitrogens with zero attached hydrogens (tertiary/aromatic N) is 2. The van der Waals surface area contributed by atoms with Crippen LogP contribution in [0.1, 0.15) is 0 Å². The standard InChI is InChI=1S/C17H16N2O/c1-2-4-14-13(3-1)5-7-16-15(14)6-8-17(18-16)19-9-11-20-12-10-19/h1-8H,9-12H2. The highest BCUT2D eigenvalue weighted by atomic mass is 16.5. The summed E-state index contributed by atoms with van der Waals surface area (Å²) in [5.41, 5.74) is 1.06. The normalized spacial score (nSPS) is 15.9. The number of fused-ring (bicyclic) bond motifs is 3. The van der Waals surface area contributed by atoms with Gasteiger partial charge >= 0.3 is 0 Å². The molecule has 0 radical (unpaired) electrons. The molecule has 100 valence electrons. The Hall–Kier alpha value is -2.13. The third-order valence-corrected chi connectivity index (χ3v) is 3.92. The molecule has 0 amide bonds. The zero-order chi connectivity index (χ0) is 13.4. The van der Waals surface area contributed by atoms with Gasteiger partial charge in [-0.2, -0.15) is 0 Å². The Kier molecular flexibility index (Phi) is 2.78. The minimum atomic E-state index is 0.789. The molecule has 0 bridgehead atoms. The van der Waals surface area contributed by atoms with Crippen LogP contribution < -0.4 is 4.90 Å². The zero-order valence-corrected chi connectivity index (χ0v) is 11.2. The molecule has 0 unspecified atom stereocenters. The highest BCUT2D eigenvalue weighted by molar-refractivity contribution is 6.06. The fraction of sp³-hybridized carbons (Fsp3) is 0.235. The van der Waals surface area contributed by atoms with Crippen LogP contribution in [0.4, 0.5) is 5.82 Å². The Labute approximate surface area is 117 Å². The van der Waals surface area contributed by atoms with Crippen LogP contribution in [-0.4, -0.2) is 31.3 Å². The lowest BCUT2D eigenvalue weighted by Gasteiger charge is -2.28. The van der Waals surface area contributed by atoms with E-state index in [1.807, 2.05) is 0 Å². The lowest BCUT2D eigenvalue weighted by molar-refractivity contribution is 0.122. The van der Waals surface area contributed by atoms with Crippen molar-refractivity contribution in [3.63, 3.8) is 0 Å². The fourth-order valence-electron chi connectivity index (χ4n) is 2.84. The summed E-state index contributed by atoms with van der Waals surface area (Å²) in [6.45, 7) is 3.42. The van der Waals surface area contributed by atoms with Crippen LogP contribution in [0.25, 0.3) is 21.7 Å². The summed E-state index contributed by atoms with van der Waals surface area (Å²) in [4.78, 5) is 7.11. The average molecular weight is 264 g/mol. The molecule has 3 nitrogen and oxygen atoms in total. The van der Waals surface area contributed by atoms with Crippen LogP contribution >= 0.6 is 0 Å². The number of hydrogen-bond donors (Lipinski definition) is 0. The van der Waals surface area contributed by atoms with Crippen LogP contribution in [0, 0.1) is 0 Å². The number of hydrogen-bond acceptors (Lipinski definition) is 3. The van der Waals surface area contributed by atoms with E-state index in [1.165, 1.54) is 16.2 Å². The maximum absolute atomic E-state index is 5.40. The number of anilines is 1. The molecule has 1 aliphatic heterocycles. The topological polar surface area (TPSA) is 25.4 Å². The molecule has 0 spiro atoms. The number of rotatable bonds is 1. The summed E-state index contributed by atoms with van der Waals surface area (Å²) >= 11 is 0. The van der Waals surface area contributed by atoms with Crippen molar-refractivity contribution >= 4 is 27.5 Å². The molecule has 4 rings (SSSR count). The summed E-state index contributed by atoms with van der Waals surface area (Å²) in [5.74, 6) is 1.05. The summed E-state index contributed by atoms with van der Waals surface area (Å²) in [5, 5.41) is 3.76. The van der Waals surface area contributed by atoms with Gasteiger partial charge in [0.1, 0.15) is 5.82 Å². The quantitative estimate of drug-likeness (QED) is 0.631. The van der Waals surface area contributed by atoms with E-state index in [0.29, 0.717) is 0 Å². The summed E-state index contributed by atoms with van der Waals surface area (Å²) < 4.78 is 5.40. The highest BCUT2D eigenvalue weighted by Gasteiger charge is 2.13. The van der Waals surface area contributed by atoms with Gasteiger partial charge in [0.05, 0.1) is 18.7 Å². The van der Waals surface area contributed by atoms with Crippen LogP contribution in [0.5, 0.6) is 0 Å². The molecular formula is C17H16N2O. The maximum atomic E-state index is 5.40. The van der Waals surface area contributed by atoms with Gasteiger partial charge in [-0.3, -0.25) is 0 Å². The molecule has 0 aliphatic carbocycles. The lowest BCUT2D eigenvalue weighted by atomic mass is 10.1. The van der Waals surface area contributed by atoms with E-state index in [4.69, 9.17) is 9.72 Å². The third-order valence-electron chi connectivity index (χ3n) is 3.92. The maximum Gasteiger partial charge on any atom is 0.129 e. The van der Waals surface area contributed by atoms with E-state index in [-0.39, 0.29) is 0 Å². The fourth-order valence-corrected chi connectivity index (χ4v) is 2.84. The molecule has 3 aromatic rings. The Morgan fingerprint density at radius 3 is 2.60 bits per heavy atom. The van der Waals surface area contributed by atoms with Crippen LogP contribution in [0.2, 0.25) is 0 Å². The van der Waals surface area contributed by atoms with Crippen LogP contribution in [0.15, 0.2) is 48.5 Å². The van der Waals surface area contributed by atoms with Crippen LogP contribution in [0.3, 0.4) is 0 Å². The number of morpholine rings is 1. The van der Waals surface area contributed by atoms with Crippen molar-refractivity contribution in [3.05, 3.63) is 48.5 Å². The first-order chi connectivity index (χ1) is 9.92. The van der Waals surface area contributed by atoms with Crippen LogP contribution in [-0.2, 0) is 4.74 Å². The molecule has 2 aromatic carbocycles. The second kappa shape index (κ2) is 4.76. The average Bonchev–Trinajstić information content (AvgIpc) is 2.55. The Bertz CT molecular complexity index is 763. The van der Waals surface area contributed by atoms with E-state index in [9.17, 15) is 0 Å². The van der Waals surface area contributed by atoms with Crippen molar-refractivity contribution in [1.82, 2.24) is 4.98 Å². The second-order valence-electron chi connectivity index (χ2n) is 5.12. The molecule has 0 saturated carbocycles. The molecule has 1 aromatic heterocycles. The van der Waals surface area contributed by atoms with Gasteiger partial charge in [0, 0.05) is 18.5 Å². The second-order valence-corrected chi connectivity index (χ2v) is 5.12. The van der Waals surface area contributed by atoms with Gasteiger partial charge in [-0.1, -0.05) is 30.3 Å². The van der Waals surface area contributed by atoms with Gasteiger partial charge in [-0.15, -0.1) is 0 Å². The van der Waals surface area contributed by atoms with Gasteiger partial charge in [0.2, 0.25) is 0 Å². The van der Waals surface area contributed by atoms with E-state index in [0.717, 1.165) is 37.6 Å². The SMILES string of the molecule is c1ccc2c(c1)ccc1nc(N3CCOCC3)ccc12. The molecule has 0 N–H and O–H groups in total. The van der Waals surface area contributed by atoms with Crippen molar-refractivity contribution in [2.75, 3.05) is 31.2 Å². The molecule has 20 heavy (non-hydrogen) atoms. The zero-order valence-electron chi connectivity index (χ0n) is 11.2. The van der Waals surface area contributed by atoms with Crippen molar-refractivity contribution in [1.29, 1.82) is 0 Å². The van der Waals surface area contributed by atoms with Crippen molar-refractivity contribution in [2.45, 2.75) is 0 Å². The molecule has 3 heteroatoms. The Morgan fingerprint density at radius 1 is 0.850 bits per heavy atom.